The zero-order valence-corrected chi connectivity index (χ0v) is 23.3. The van der Waals surface area contributed by atoms with Gasteiger partial charge < -0.3 is 9.88 Å². The summed E-state index contributed by atoms with van der Waals surface area (Å²) in [5.74, 6) is 0.846. The SMILES string of the molecule is CCCCN(CCCC)c1ccc(/C=C/c2ccc(-c3nc4c5cccnc5c5ncccc5c4[nH]3)cc2)cc1. The number of nitrogens with zero attached hydrogens (tertiary/aromatic N) is 4. The van der Waals surface area contributed by atoms with Crippen LogP contribution in [0.25, 0.3) is 56.4 Å². The first-order chi connectivity index (χ1) is 19.7. The monoisotopic (exact) mass is 525 g/mol. The number of aromatic amines is 1. The molecule has 5 heteroatoms. The largest absolute Gasteiger partial charge is 0.372 e. The molecule has 200 valence electrons. The van der Waals surface area contributed by atoms with E-state index in [9.17, 15) is 0 Å². The molecule has 1 N–H and O–H groups in total. The molecule has 40 heavy (non-hydrogen) atoms. The lowest BCUT2D eigenvalue weighted by atomic mass is 10.1. The van der Waals surface area contributed by atoms with Crippen molar-refractivity contribution >= 4 is 50.7 Å². The van der Waals surface area contributed by atoms with E-state index >= 15 is 0 Å². The number of pyridine rings is 2. The minimum Gasteiger partial charge on any atom is -0.372 e. The van der Waals surface area contributed by atoms with Crippen molar-refractivity contribution in [3.63, 3.8) is 0 Å². The molecule has 6 rings (SSSR count). The third-order valence-corrected chi connectivity index (χ3v) is 7.54. The lowest BCUT2D eigenvalue weighted by Crippen LogP contribution is -2.25. The second-order valence-electron chi connectivity index (χ2n) is 10.3. The third kappa shape index (κ3) is 5.20. The Bertz CT molecular complexity index is 1680. The number of benzene rings is 3. The van der Waals surface area contributed by atoms with E-state index in [0.29, 0.717) is 0 Å². The first kappa shape index (κ1) is 25.8. The lowest BCUT2D eigenvalue weighted by Gasteiger charge is -2.24. The van der Waals surface area contributed by atoms with E-state index in [4.69, 9.17) is 4.98 Å². The van der Waals surface area contributed by atoms with Gasteiger partial charge in [-0.3, -0.25) is 9.97 Å². The van der Waals surface area contributed by atoms with E-state index in [1.54, 1.807) is 0 Å². The predicted octanol–water partition coefficient (Wildman–Crippen LogP) is 8.90. The van der Waals surface area contributed by atoms with Gasteiger partial charge in [-0.25, -0.2) is 4.98 Å². The second kappa shape index (κ2) is 11.7. The van der Waals surface area contributed by atoms with Crippen molar-refractivity contribution in [3.05, 3.63) is 96.3 Å². The summed E-state index contributed by atoms with van der Waals surface area (Å²) in [5.41, 5.74) is 8.42. The van der Waals surface area contributed by atoms with Crippen LogP contribution in [0.15, 0.2) is 85.2 Å². The Labute approximate surface area is 235 Å². The van der Waals surface area contributed by atoms with Crippen molar-refractivity contribution in [3.8, 4) is 11.4 Å². The maximum atomic E-state index is 5.00. The minimum atomic E-state index is 0.846. The molecule has 0 amide bonds. The van der Waals surface area contributed by atoms with Gasteiger partial charge in [0, 0.05) is 47.5 Å². The lowest BCUT2D eigenvalue weighted by molar-refractivity contribution is 0.678. The fourth-order valence-corrected chi connectivity index (χ4v) is 5.29. The van der Waals surface area contributed by atoms with Crippen LogP contribution in [-0.4, -0.2) is 33.0 Å². The smallest absolute Gasteiger partial charge is 0.138 e. The highest BCUT2D eigenvalue weighted by molar-refractivity contribution is 6.21. The summed E-state index contributed by atoms with van der Waals surface area (Å²) in [7, 11) is 0. The van der Waals surface area contributed by atoms with Crippen molar-refractivity contribution < 1.29 is 0 Å². The summed E-state index contributed by atoms with van der Waals surface area (Å²) >= 11 is 0. The molecule has 3 heterocycles. The predicted molar refractivity (Wildman–Crippen MR) is 170 cm³/mol. The number of hydrogen-bond acceptors (Lipinski definition) is 4. The third-order valence-electron chi connectivity index (χ3n) is 7.54. The van der Waals surface area contributed by atoms with Crippen molar-refractivity contribution in [1.82, 2.24) is 19.9 Å². The number of unbranched alkanes of at least 4 members (excludes halogenated alkanes) is 2. The highest BCUT2D eigenvalue weighted by atomic mass is 15.1. The van der Waals surface area contributed by atoms with Crippen LogP contribution in [0.4, 0.5) is 5.69 Å². The molecule has 0 saturated heterocycles. The van der Waals surface area contributed by atoms with Gasteiger partial charge in [-0.15, -0.1) is 0 Å². The molecular weight excluding hydrogens is 490 g/mol. The Kier molecular flexibility index (Phi) is 7.53. The minimum absolute atomic E-state index is 0.846. The van der Waals surface area contributed by atoms with Crippen LogP contribution < -0.4 is 4.90 Å². The van der Waals surface area contributed by atoms with E-state index in [0.717, 1.165) is 62.9 Å². The van der Waals surface area contributed by atoms with Gasteiger partial charge in [0.1, 0.15) is 5.82 Å². The number of aromatic nitrogens is 4. The molecule has 0 saturated carbocycles. The molecule has 0 spiro atoms. The molecule has 0 aliphatic carbocycles. The molecule has 0 fully saturated rings. The van der Waals surface area contributed by atoms with Crippen molar-refractivity contribution in [2.45, 2.75) is 39.5 Å². The van der Waals surface area contributed by atoms with Gasteiger partial charge in [0.15, 0.2) is 0 Å². The molecule has 0 aliphatic rings. The fourth-order valence-electron chi connectivity index (χ4n) is 5.29. The number of nitrogens with one attached hydrogen (secondary N) is 1. The van der Waals surface area contributed by atoms with Gasteiger partial charge in [0.05, 0.1) is 22.1 Å². The van der Waals surface area contributed by atoms with E-state index in [1.807, 2.05) is 24.5 Å². The number of anilines is 1. The second-order valence-corrected chi connectivity index (χ2v) is 10.3. The highest BCUT2D eigenvalue weighted by Gasteiger charge is 2.15. The van der Waals surface area contributed by atoms with E-state index in [1.165, 1.54) is 36.9 Å². The molecule has 0 unspecified atom stereocenters. The van der Waals surface area contributed by atoms with Gasteiger partial charge in [0.2, 0.25) is 0 Å². The number of H-pyrrole nitrogens is 1. The summed E-state index contributed by atoms with van der Waals surface area (Å²) in [6.07, 6.45) is 12.9. The Morgan fingerprint density at radius 3 is 1.88 bits per heavy atom. The number of rotatable bonds is 10. The van der Waals surface area contributed by atoms with Gasteiger partial charge in [-0.2, -0.15) is 0 Å². The maximum Gasteiger partial charge on any atom is 0.138 e. The Balaban J connectivity index is 1.23. The Morgan fingerprint density at radius 2 is 1.25 bits per heavy atom. The Morgan fingerprint density at radius 1 is 0.675 bits per heavy atom. The summed E-state index contributed by atoms with van der Waals surface area (Å²) in [6.45, 7) is 6.77. The molecule has 3 aromatic heterocycles. The highest BCUT2D eigenvalue weighted by Crippen LogP contribution is 2.33. The molecule has 3 aromatic carbocycles. The van der Waals surface area contributed by atoms with Crippen LogP contribution in [0, 0.1) is 0 Å². The first-order valence-corrected chi connectivity index (χ1v) is 14.4. The number of imidazole rings is 1. The van der Waals surface area contributed by atoms with Gasteiger partial charge in [-0.1, -0.05) is 75.2 Å². The van der Waals surface area contributed by atoms with Crippen LogP contribution in [-0.2, 0) is 0 Å². The average molecular weight is 526 g/mol. The van der Waals surface area contributed by atoms with E-state index in [-0.39, 0.29) is 0 Å². The van der Waals surface area contributed by atoms with Crippen LogP contribution >= 0.6 is 0 Å². The molecule has 0 atom stereocenters. The summed E-state index contributed by atoms with van der Waals surface area (Å²) in [6, 6.07) is 25.6. The van der Waals surface area contributed by atoms with Gasteiger partial charge in [-0.05, 0) is 60.4 Å². The van der Waals surface area contributed by atoms with Crippen LogP contribution in [0.3, 0.4) is 0 Å². The van der Waals surface area contributed by atoms with Gasteiger partial charge in [0.25, 0.3) is 0 Å². The Hall–Kier alpha value is -4.51. The zero-order chi connectivity index (χ0) is 27.3. The first-order valence-electron chi connectivity index (χ1n) is 14.4. The summed E-state index contributed by atoms with van der Waals surface area (Å²) in [5, 5.41) is 2.04. The maximum absolute atomic E-state index is 5.00. The van der Waals surface area contributed by atoms with Crippen molar-refractivity contribution in [2.75, 3.05) is 18.0 Å². The molecule has 5 nitrogen and oxygen atoms in total. The molecular formula is C35H35N5. The number of hydrogen-bond donors (Lipinski definition) is 1. The quantitative estimate of drug-likeness (QED) is 0.143. The topological polar surface area (TPSA) is 57.7 Å². The van der Waals surface area contributed by atoms with Crippen molar-refractivity contribution in [1.29, 1.82) is 0 Å². The molecule has 0 aliphatic heterocycles. The van der Waals surface area contributed by atoms with Crippen LogP contribution in [0.5, 0.6) is 0 Å². The normalized spacial score (nSPS) is 11.8. The van der Waals surface area contributed by atoms with Crippen molar-refractivity contribution in [2.24, 2.45) is 0 Å². The molecule has 0 bridgehead atoms. The van der Waals surface area contributed by atoms with Crippen LogP contribution in [0.2, 0.25) is 0 Å². The summed E-state index contributed by atoms with van der Waals surface area (Å²) in [4.78, 5) is 20.3. The molecule has 6 aromatic rings. The standard InChI is InChI=1S/C35H35N5/c1-3-5-23-40(24-6-4-2)28-19-15-26(16-20-28)12-11-25-13-17-27(18-14-25)35-38-33-29-9-7-21-36-31(29)32-30(34(33)39-35)10-8-22-37-32/h7-22H,3-6,23-24H2,1-2H3,(H,38,39)/b12-11+. The van der Waals surface area contributed by atoms with E-state index in [2.05, 4.69) is 107 Å². The fraction of sp³-hybridized carbons (Fsp3) is 0.229. The van der Waals surface area contributed by atoms with E-state index < -0.39 is 0 Å². The molecule has 0 radical (unpaired) electrons. The zero-order valence-electron chi connectivity index (χ0n) is 23.3. The van der Waals surface area contributed by atoms with Crippen LogP contribution in [0.1, 0.15) is 50.7 Å². The van der Waals surface area contributed by atoms with Gasteiger partial charge >= 0.3 is 0 Å². The summed E-state index contributed by atoms with van der Waals surface area (Å²) < 4.78 is 0. The average Bonchev–Trinajstić information content (AvgIpc) is 3.47. The number of fused-ring (bicyclic) bond motifs is 6.